The number of nitro benzene ring substituents is 1. The van der Waals surface area contributed by atoms with Gasteiger partial charge in [-0.15, -0.1) is 0 Å². The summed E-state index contributed by atoms with van der Waals surface area (Å²) in [6, 6.07) is 20.7. The molecular weight excluding hydrogens is 486 g/mol. The highest BCUT2D eigenvalue weighted by Gasteiger charge is 2.42. The summed E-state index contributed by atoms with van der Waals surface area (Å²) < 4.78 is 7.17. The summed E-state index contributed by atoms with van der Waals surface area (Å²) in [5, 5.41) is 16.1. The largest absolute Gasteiger partial charge is 0.496 e. The number of rotatable bonds is 6. The van der Waals surface area contributed by atoms with Gasteiger partial charge >= 0.3 is 0 Å². The summed E-state index contributed by atoms with van der Waals surface area (Å²) in [4.78, 5) is 18.4. The van der Waals surface area contributed by atoms with Crippen molar-refractivity contribution in [2.45, 2.75) is 32.9 Å². The van der Waals surface area contributed by atoms with Crippen molar-refractivity contribution in [1.82, 2.24) is 14.9 Å². The fourth-order valence-corrected chi connectivity index (χ4v) is 5.42. The van der Waals surface area contributed by atoms with E-state index in [2.05, 4.69) is 45.5 Å². The number of hydrogen-bond donors (Lipinski definition) is 1. The number of benzene rings is 2. The fraction of sp³-hybridized carbons (Fsp3) is 0.214. The highest BCUT2D eigenvalue weighted by atomic mass is 32.1. The number of pyridine rings is 1. The highest BCUT2D eigenvalue weighted by molar-refractivity contribution is 7.80. The SMILES string of the molecule is COc1ccc(-n2c(C)cc(C3C(c4ccccn4)NC(=S)N3c3ccc(C)cc3)c2C)c([N+](=O)[O-])c1. The Morgan fingerprint density at radius 3 is 2.46 bits per heavy atom. The summed E-state index contributed by atoms with van der Waals surface area (Å²) in [6.45, 7) is 5.99. The van der Waals surface area contributed by atoms with E-state index in [9.17, 15) is 10.1 Å². The summed E-state index contributed by atoms with van der Waals surface area (Å²) in [5.74, 6) is 0.434. The minimum atomic E-state index is -0.377. The Morgan fingerprint density at radius 1 is 1.05 bits per heavy atom. The molecule has 5 rings (SSSR count). The number of nitrogens with one attached hydrogen (secondary N) is 1. The van der Waals surface area contributed by atoms with Gasteiger partial charge in [-0.05, 0) is 81.0 Å². The van der Waals surface area contributed by atoms with Gasteiger partial charge in [0.15, 0.2) is 5.11 Å². The second-order valence-electron chi connectivity index (χ2n) is 9.11. The molecule has 1 N–H and O–H groups in total. The number of aryl methyl sites for hydroxylation is 2. The molecule has 1 aliphatic heterocycles. The number of thiocarbonyl (C=S) groups is 1. The zero-order valence-electron chi connectivity index (χ0n) is 21.0. The number of methoxy groups -OCH3 is 1. The Balaban J connectivity index is 1.70. The maximum atomic E-state index is 12.0. The first-order valence-electron chi connectivity index (χ1n) is 11.9. The minimum absolute atomic E-state index is 0.0237. The van der Waals surface area contributed by atoms with Gasteiger partial charge in [0.25, 0.3) is 5.69 Å². The van der Waals surface area contributed by atoms with E-state index in [4.69, 9.17) is 17.0 Å². The summed E-state index contributed by atoms with van der Waals surface area (Å²) in [5.41, 5.74) is 6.22. The molecule has 0 radical (unpaired) electrons. The number of ether oxygens (including phenoxy) is 1. The predicted molar refractivity (Wildman–Crippen MR) is 148 cm³/mol. The van der Waals surface area contributed by atoms with Crippen LogP contribution in [0.1, 0.15) is 40.3 Å². The molecular formula is C28H27N5O3S. The summed E-state index contributed by atoms with van der Waals surface area (Å²) in [7, 11) is 1.50. The molecule has 9 heteroatoms. The number of nitrogens with zero attached hydrogens (tertiary/aromatic N) is 4. The van der Waals surface area contributed by atoms with Crippen molar-refractivity contribution in [3.63, 3.8) is 0 Å². The molecule has 2 unspecified atom stereocenters. The number of aromatic nitrogens is 2. The van der Waals surface area contributed by atoms with Crippen molar-refractivity contribution < 1.29 is 9.66 Å². The van der Waals surface area contributed by atoms with E-state index in [-0.39, 0.29) is 22.7 Å². The molecule has 0 saturated carbocycles. The molecule has 188 valence electrons. The van der Waals surface area contributed by atoms with Crippen molar-refractivity contribution in [3.05, 3.63) is 111 Å². The Hall–Kier alpha value is -4.24. The zero-order chi connectivity index (χ0) is 26.3. The van der Waals surface area contributed by atoms with Crippen LogP contribution in [0.2, 0.25) is 0 Å². The van der Waals surface area contributed by atoms with E-state index in [1.165, 1.54) is 13.2 Å². The monoisotopic (exact) mass is 513 g/mol. The van der Waals surface area contributed by atoms with Crippen LogP contribution in [-0.4, -0.2) is 26.7 Å². The van der Waals surface area contributed by atoms with Crippen LogP contribution < -0.4 is 15.0 Å². The fourth-order valence-electron chi connectivity index (χ4n) is 5.08. The van der Waals surface area contributed by atoms with E-state index in [0.717, 1.165) is 33.9 Å². The van der Waals surface area contributed by atoms with Crippen LogP contribution in [0.4, 0.5) is 11.4 Å². The Bertz CT molecular complexity index is 1480. The van der Waals surface area contributed by atoms with Gasteiger partial charge in [-0.3, -0.25) is 15.1 Å². The minimum Gasteiger partial charge on any atom is -0.496 e. The smallest absolute Gasteiger partial charge is 0.296 e. The summed E-state index contributed by atoms with van der Waals surface area (Å²) >= 11 is 5.85. The third-order valence-corrected chi connectivity index (χ3v) is 7.13. The molecule has 4 aromatic rings. The molecule has 1 fully saturated rings. The molecule has 1 saturated heterocycles. The molecule has 2 aromatic carbocycles. The quantitative estimate of drug-likeness (QED) is 0.195. The van der Waals surface area contributed by atoms with E-state index < -0.39 is 0 Å². The van der Waals surface area contributed by atoms with Crippen LogP contribution in [0.3, 0.4) is 0 Å². The number of nitro groups is 1. The normalized spacial score (nSPS) is 17.1. The molecule has 2 atom stereocenters. The maximum absolute atomic E-state index is 12.0. The second-order valence-corrected chi connectivity index (χ2v) is 9.49. The van der Waals surface area contributed by atoms with Crippen LogP contribution in [-0.2, 0) is 0 Å². The molecule has 0 amide bonds. The number of hydrogen-bond acceptors (Lipinski definition) is 5. The van der Waals surface area contributed by atoms with Crippen LogP contribution >= 0.6 is 12.2 Å². The first kappa shape index (κ1) is 24.5. The van der Waals surface area contributed by atoms with Gasteiger partial charge in [-0.2, -0.15) is 0 Å². The van der Waals surface area contributed by atoms with E-state index >= 15 is 0 Å². The van der Waals surface area contributed by atoms with Gasteiger partial charge in [-0.25, -0.2) is 0 Å². The van der Waals surface area contributed by atoms with Gasteiger partial charge in [0, 0.05) is 23.3 Å². The lowest BCUT2D eigenvalue weighted by molar-refractivity contribution is -0.384. The van der Waals surface area contributed by atoms with Gasteiger partial charge in [-0.1, -0.05) is 23.8 Å². The van der Waals surface area contributed by atoms with Crippen molar-refractivity contribution in [3.8, 4) is 11.4 Å². The van der Waals surface area contributed by atoms with Gasteiger partial charge in [0.2, 0.25) is 0 Å². The predicted octanol–water partition coefficient (Wildman–Crippen LogP) is 5.89. The van der Waals surface area contributed by atoms with Crippen LogP contribution in [0.25, 0.3) is 5.69 Å². The van der Waals surface area contributed by atoms with Crippen molar-refractivity contribution in [2.24, 2.45) is 0 Å². The summed E-state index contributed by atoms with van der Waals surface area (Å²) in [6.07, 6.45) is 1.77. The van der Waals surface area contributed by atoms with Gasteiger partial charge in [0.1, 0.15) is 11.4 Å². The van der Waals surface area contributed by atoms with E-state index in [1.807, 2.05) is 43.5 Å². The lowest BCUT2D eigenvalue weighted by atomic mass is 9.96. The van der Waals surface area contributed by atoms with Crippen molar-refractivity contribution in [1.29, 1.82) is 0 Å². The molecule has 37 heavy (non-hydrogen) atoms. The highest BCUT2D eigenvalue weighted by Crippen LogP contribution is 2.44. The van der Waals surface area contributed by atoms with Crippen molar-refractivity contribution >= 4 is 28.7 Å². The Kier molecular flexibility index (Phi) is 6.39. The molecule has 2 aromatic heterocycles. The molecule has 0 aliphatic carbocycles. The second kappa shape index (κ2) is 9.67. The molecule has 0 spiro atoms. The first-order valence-corrected chi connectivity index (χ1v) is 12.3. The molecule has 3 heterocycles. The topological polar surface area (TPSA) is 85.5 Å². The third-order valence-electron chi connectivity index (χ3n) is 6.82. The number of anilines is 1. The van der Waals surface area contributed by atoms with Gasteiger partial charge < -0.3 is 19.5 Å². The molecule has 8 nitrogen and oxygen atoms in total. The van der Waals surface area contributed by atoms with Gasteiger partial charge in [0.05, 0.1) is 35.9 Å². The standard InChI is InChI=1S/C28H27N5O3S/c1-17-8-10-20(11-9-17)32-27(26(30-28(32)37)23-7-5-6-14-29-23)22-15-18(2)31(19(22)3)24-13-12-21(36-4)16-25(24)33(34)35/h5-16,26-27H,1-4H3,(H,30,37). The Morgan fingerprint density at radius 2 is 1.81 bits per heavy atom. The lowest BCUT2D eigenvalue weighted by Crippen LogP contribution is -2.29. The van der Waals surface area contributed by atoms with Crippen LogP contribution in [0.15, 0.2) is 72.9 Å². The van der Waals surface area contributed by atoms with Crippen LogP contribution in [0.5, 0.6) is 5.75 Å². The maximum Gasteiger partial charge on any atom is 0.296 e. The molecule has 0 bridgehead atoms. The lowest BCUT2D eigenvalue weighted by Gasteiger charge is -2.28. The van der Waals surface area contributed by atoms with Crippen LogP contribution in [0, 0.1) is 30.9 Å². The first-order chi connectivity index (χ1) is 17.8. The molecule has 1 aliphatic rings. The van der Waals surface area contributed by atoms with E-state index in [0.29, 0.717) is 16.5 Å². The average molecular weight is 514 g/mol. The van der Waals surface area contributed by atoms with E-state index in [1.54, 1.807) is 18.3 Å². The van der Waals surface area contributed by atoms with Crippen molar-refractivity contribution in [2.75, 3.05) is 12.0 Å². The third kappa shape index (κ3) is 4.31. The zero-order valence-corrected chi connectivity index (χ0v) is 21.8. The Labute approximate surface area is 220 Å². The average Bonchev–Trinajstić information content (AvgIpc) is 3.39.